The largest absolute Gasteiger partial charge is 0.481 e. The van der Waals surface area contributed by atoms with E-state index in [1.54, 1.807) is 18.7 Å². The maximum absolute atomic E-state index is 5.36. The lowest BCUT2D eigenvalue weighted by Gasteiger charge is -2.02. The first-order valence-corrected chi connectivity index (χ1v) is 5.25. The van der Waals surface area contributed by atoms with E-state index in [0.717, 1.165) is 5.75 Å². The molecule has 0 radical (unpaired) electrons. The van der Waals surface area contributed by atoms with Crippen molar-refractivity contribution < 1.29 is 4.74 Å². The zero-order valence-corrected chi connectivity index (χ0v) is 8.65. The SMILES string of the molecule is CC#CCOc1ccc(SC)cc1. The van der Waals surface area contributed by atoms with Crippen molar-refractivity contribution in [2.24, 2.45) is 0 Å². The number of hydrogen-bond acceptors (Lipinski definition) is 2. The monoisotopic (exact) mass is 192 g/mol. The Morgan fingerprint density at radius 2 is 2.00 bits per heavy atom. The highest BCUT2D eigenvalue weighted by atomic mass is 32.2. The van der Waals surface area contributed by atoms with Gasteiger partial charge in [-0.25, -0.2) is 0 Å². The van der Waals surface area contributed by atoms with Crippen molar-refractivity contribution in [3.63, 3.8) is 0 Å². The Kier molecular flexibility index (Phi) is 4.28. The van der Waals surface area contributed by atoms with E-state index >= 15 is 0 Å². The first-order chi connectivity index (χ1) is 6.36. The Morgan fingerprint density at radius 3 is 2.54 bits per heavy atom. The van der Waals surface area contributed by atoms with E-state index in [0.29, 0.717) is 6.61 Å². The summed E-state index contributed by atoms with van der Waals surface area (Å²) in [5, 5.41) is 0. The van der Waals surface area contributed by atoms with Crippen molar-refractivity contribution in [1.82, 2.24) is 0 Å². The summed E-state index contributed by atoms with van der Waals surface area (Å²) in [6.07, 6.45) is 2.05. The molecule has 0 aliphatic heterocycles. The highest BCUT2D eigenvalue weighted by Gasteiger charge is 1.92. The lowest BCUT2D eigenvalue weighted by molar-refractivity contribution is 0.370. The van der Waals surface area contributed by atoms with Gasteiger partial charge in [-0.3, -0.25) is 0 Å². The van der Waals surface area contributed by atoms with Gasteiger partial charge in [-0.2, -0.15) is 0 Å². The van der Waals surface area contributed by atoms with Crippen LogP contribution in [0.2, 0.25) is 0 Å². The molecule has 1 nitrogen and oxygen atoms in total. The molecule has 0 bridgehead atoms. The Hall–Kier alpha value is -1.07. The molecular weight excluding hydrogens is 180 g/mol. The smallest absolute Gasteiger partial charge is 0.149 e. The van der Waals surface area contributed by atoms with Crippen LogP contribution < -0.4 is 4.74 Å². The first-order valence-electron chi connectivity index (χ1n) is 4.03. The van der Waals surface area contributed by atoms with Crippen molar-refractivity contribution in [3.05, 3.63) is 24.3 Å². The molecule has 0 spiro atoms. The molecule has 0 aliphatic carbocycles. The van der Waals surface area contributed by atoms with Gasteiger partial charge in [-0.1, -0.05) is 5.92 Å². The van der Waals surface area contributed by atoms with Gasteiger partial charge in [0.25, 0.3) is 0 Å². The number of ether oxygens (including phenoxy) is 1. The predicted molar refractivity (Wildman–Crippen MR) is 57.2 cm³/mol. The van der Waals surface area contributed by atoms with Crippen molar-refractivity contribution >= 4 is 11.8 Å². The van der Waals surface area contributed by atoms with Crippen LogP contribution in [0.5, 0.6) is 5.75 Å². The molecule has 13 heavy (non-hydrogen) atoms. The summed E-state index contributed by atoms with van der Waals surface area (Å²) in [6, 6.07) is 8.01. The summed E-state index contributed by atoms with van der Waals surface area (Å²) in [5.74, 6) is 6.50. The normalized spacial score (nSPS) is 8.77. The van der Waals surface area contributed by atoms with Crippen LogP contribution in [0.3, 0.4) is 0 Å². The van der Waals surface area contributed by atoms with Crippen LogP contribution in [0.15, 0.2) is 29.2 Å². The second-order valence-electron chi connectivity index (χ2n) is 2.39. The fourth-order valence-electron chi connectivity index (χ4n) is 0.864. The lowest BCUT2D eigenvalue weighted by Crippen LogP contribution is -1.92. The minimum absolute atomic E-state index is 0.467. The van der Waals surface area contributed by atoms with Crippen molar-refractivity contribution in [3.8, 4) is 17.6 Å². The van der Waals surface area contributed by atoms with E-state index < -0.39 is 0 Å². The molecule has 1 aromatic rings. The van der Waals surface area contributed by atoms with Gasteiger partial charge in [-0.05, 0) is 37.4 Å². The topological polar surface area (TPSA) is 9.23 Å². The Balaban J connectivity index is 2.52. The lowest BCUT2D eigenvalue weighted by atomic mass is 10.3. The summed E-state index contributed by atoms with van der Waals surface area (Å²) < 4.78 is 5.36. The van der Waals surface area contributed by atoms with Crippen molar-refractivity contribution in [2.75, 3.05) is 12.9 Å². The molecule has 0 saturated carbocycles. The van der Waals surface area contributed by atoms with Crippen molar-refractivity contribution in [1.29, 1.82) is 0 Å². The van der Waals surface area contributed by atoms with Gasteiger partial charge in [0.05, 0.1) is 0 Å². The molecule has 0 amide bonds. The van der Waals surface area contributed by atoms with Crippen LogP contribution in [0.4, 0.5) is 0 Å². The number of rotatable bonds is 3. The van der Waals surface area contributed by atoms with Gasteiger partial charge in [-0.15, -0.1) is 17.7 Å². The van der Waals surface area contributed by atoms with Crippen LogP contribution in [0, 0.1) is 11.8 Å². The zero-order chi connectivity index (χ0) is 9.52. The maximum Gasteiger partial charge on any atom is 0.149 e. The fourth-order valence-corrected chi connectivity index (χ4v) is 1.27. The van der Waals surface area contributed by atoms with Gasteiger partial charge in [0.1, 0.15) is 12.4 Å². The molecule has 0 unspecified atom stereocenters. The minimum Gasteiger partial charge on any atom is -0.481 e. The Bertz CT molecular complexity index is 305. The molecular formula is C11H12OS. The fraction of sp³-hybridized carbons (Fsp3) is 0.273. The van der Waals surface area contributed by atoms with E-state index in [-0.39, 0.29) is 0 Å². The Morgan fingerprint density at radius 1 is 1.31 bits per heavy atom. The van der Waals surface area contributed by atoms with Crippen LogP contribution >= 0.6 is 11.8 Å². The highest BCUT2D eigenvalue weighted by Crippen LogP contribution is 2.18. The van der Waals surface area contributed by atoms with E-state index in [1.165, 1.54) is 4.90 Å². The van der Waals surface area contributed by atoms with Crippen LogP contribution in [0.1, 0.15) is 6.92 Å². The zero-order valence-electron chi connectivity index (χ0n) is 7.83. The van der Waals surface area contributed by atoms with E-state index in [9.17, 15) is 0 Å². The summed E-state index contributed by atoms with van der Waals surface area (Å²) in [5.41, 5.74) is 0. The van der Waals surface area contributed by atoms with Gasteiger partial charge in [0.15, 0.2) is 0 Å². The quantitative estimate of drug-likeness (QED) is 0.538. The molecule has 68 valence electrons. The summed E-state index contributed by atoms with van der Waals surface area (Å²) in [4.78, 5) is 1.24. The molecule has 0 aliphatic rings. The van der Waals surface area contributed by atoms with Crippen LogP contribution in [0.25, 0.3) is 0 Å². The third-order valence-corrected chi connectivity index (χ3v) is 2.29. The summed E-state index contributed by atoms with van der Waals surface area (Å²) in [6.45, 7) is 2.27. The molecule has 0 heterocycles. The van der Waals surface area contributed by atoms with E-state index in [1.807, 2.05) is 24.3 Å². The molecule has 0 N–H and O–H groups in total. The molecule has 1 aromatic carbocycles. The van der Waals surface area contributed by atoms with Gasteiger partial charge >= 0.3 is 0 Å². The third-order valence-electron chi connectivity index (χ3n) is 1.55. The summed E-state index contributed by atoms with van der Waals surface area (Å²) in [7, 11) is 0. The third kappa shape index (κ3) is 3.43. The first kappa shape index (κ1) is 10.0. The number of benzene rings is 1. The van der Waals surface area contributed by atoms with Crippen LogP contribution in [-0.4, -0.2) is 12.9 Å². The molecule has 1 rings (SSSR count). The van der Waals surface area contributed by atoms with Crippen molar-refractivity contribution in [2.45, 2.75) is 11.8 Å². The Labute approximate surface area is 83.5 Å². The van der Waals surface area contributed by atoms with Gasteiger partial charge in [0.2, 0.25) is 0 Å². The summed E-state index contributed by atoms with van der Waals surface area (Å²) >= 11 is 1.72. The van der Waals surface area contributed by atoms with Gasteiger partial charge in [0, 0.05) is 4.90 Å². The molecule has 0 atom stereocenters. The average molecular weight is 192 g/mol. The standard InChI is InChI=1S/C11H12OS/c1-3-4-9-12-10-5-7-11(13-2)8-6-10/h5-8H,9H2,1-2H3. The molecule has 0 aromatic heterocycles. The maximum atomic E-state index is 5.36. The molecule has 2 heteroatoms. The average Bonchev–Trinajstić information content (AvgIpc) is 2.19. The van der Waals surface area contributed by atoms with Gasteiger partial charge < -0.3 is 4.74 Å². The van der Waals surface area contributed by atoms with E-state index in [4.69, 9.17) is 4.74 Å². The second-order valence-corrected chi connectivity index (χ2v) is 3.27. The molecule has 0 fully saturated rings. The second kappa shape index (κ2) is 5.55. The molecule has 0 saturated heterocycles. The van der Waals surface area contributed by atoms with E-state index in [2.05, 4.69) is 18.1 Å². The predicted octanol–water partition coefficient (Wildman–Crippen LogP) is 2.81. The minimum atomic E-state index is 0.467. The number of thioether (sulfide) groups is 1. The number of hydrogen-bond donors (Lipinski definition) is 0. The van der Waals surface area contributed by atoms with Crippen LogP contribution in [-0.2, 0) is 0 Å². The highest BCUT2D eigenvalue weighted by molar-refractivity contribution is 7.98.